The fraction of sp³-hybridized carbons (Fsp3) is 0.300. The number of esters is 1. The van der Waals surface area contributed by atoms with Crippen LogP contribution in [0.25, 0.3) is 16.5 Å². The topological polar surface area (TPSA) is 46.6 Å². The Morgan fingerprint density at radius 2 is 1.92 bits per heavy atom. The molecule has 1 aromatic carbocycles. The Morgan fingerprint density at radius 1 is 1.19 bits per heavy atom. The van der Waals surface area contributed by atoms with Crippen molar-refractivity contribution in [2.45, 2.75) is 12.8 Å². The molecule has 0 radical (unpaired) electrons. The Hall–Kier alpha value is -2.11. The van der Waals surface area contributed by atoms with Gasteiger partial charge in [0.2, 0.25) is 5.91 Å². The molecule has 1 aliphatic heterocycles. The van der Waals surface area contributed by atoms with Gasteiger partial charge in [0.05, 0.1) is 13.0 Å². The lowest BCUT2D eigenvalue weighted by molar-refractivity contribution is -0.148. The maximum atomic E-state index is 12.4. The normalized spacial score (nSPS) is 15.4. The molecule has 0 spiro atoms. The average Bonchev–Trinajstić information content (AvgIpc) is 3.14. The number of halogens is 1. The first kappa shape index (κ1) is 18.7. The van der Waals surface area contributed by atoms with Crippen molar-refractivity contribution in [3.05, 3.63) is 52.4 Å². The summed E-state index contributed by atoms with van der Waals surface area (Å²) in [5, 5.41) is 0.717. The van der Waals surface area contributed by atoms with Crippen LogP contribution in [-0.4, -0.2) is 37.0 Å². The summed E-state index contributed by atoms with van der Waals surface area (Å²) in [7, 11) is 1.40. The third-order valence-corrected chi connectivity index (χ3v) is 5.91. The molecule has 4 nitrogen and oxygen atoms in total. The first-order chi connectivity index (χ1) is 12.6. The fourth-order valence-corrected chi connectivity index (χ4v) is 4.25. The van der Waals surface area contributed by atoms with Gasteiger partial charge in [0.25, 0.3) is 0 Å². The lowest BCUT2D eigenvalue weighted by Crippen LogP contribution is -2.39. The molecule has 2 aromatic rings. The first-order valence-corrected chi connectivity index (χ1v) is 9.67. The van der Waals surface area contributed by atoms with Gasteiger partial charge in [0.1, 0.15) is 0 Å². The second-order valence-electron chi connectivity index (χ2n) is 6.14. The van der Waals surface area contributed by atoms with E-state index in [0.29, 0.717) is 25.9 Å². The minimum absolute atomic E-state index is 0.0268. The third-order valence-electron chi connectivity index (χ3n) is 4.50. The molecule has 6 heteroatoms. The number of piperidine rings is 1. The summed E-state index contributed by atoms with van der Waals surface area (Å²) in [6, 6.07) is 11.7. The molecule has 0 saturated carbocycles. The second-order valence-corrected chi connectivity index (χ2v) is 7.66. The summed E-state index contributed by atoms with van der Waals surface area (Å²) in [4.78, 5) is 27.7. The number of benzene rings is 1. The van der Waals surface area contributed by atoms with Crippen LogP contribution in [0.1, 0.15) is 17.7 Å². The summed E-state index contributed by atoms with van der Waals surface area (Å²) in [6.45, 7) is 1.16. The van der Waals surface area contributed by atoms with Gasteiger partial charge in [0, 0.05) is 39.5 Å². The molecule has 1 amide bonds. The van der Waals surface area contributed by atoms with E-state index in [2.05, 4.69) is 0 Å². The zero-order valence-corrected chi connectivity index (χ0v) is 16.1. The smallest absolute Gasteiger partial charge is 0.308 e. The van der Waals surface area contributed by atoms with Crippen molar-refractivity contribution in [2.75, 3.05) is 20.2 Å². The predicted octanol–water partition coefficient (Wildman–Crippen LogP) is 4.49. The van der Waals surface area contributed by atoms with E-state index in [-0.39, 0.29) is 17.8 Å². The van der Waals surface area contributed by atoms with Crippen molar-refractivity contribution in [3.8, 4) is 10.4 Å². The summed E-state index contributed by atoms with van der Waals surface area (Å²) in [5.74, 6) is -0.303. The molecule has 1 fully saturated rings. The maximum Gasteiger partial charge on any atom is 0.308 e. The standard InChI is InChI=1S/C20H20ClNO3S/c1-25-20(24)14-10-12-22(13-11-14)19(23)9-7-15-6-8-18(26-15)16-4-2-3-5-17(16)21/h2-9,14H,10-13H2,1H3/b9-7+. The SMILES string of the molecule is COC(=O)C1CCN(C(=O)/C=C/c2ccc(-c3ccccc3Cl)s2)CC1. The quantitative estimate of drug-likeness (QED) is 0.571. The van der Waals surface area contributed by atoms with Gasteiger partial charge >= 0.3 is 5.97 Å². The zero-order valence-electron chi connectivity index (χ0n) is 14.5. The lowest BCUT2D eigenvalue weighted by Gasteiger charge is -2.29. The Morgan fingerprint density at radius 3 is 2.62 bits per heavy atom. The Balaban J connectivity index is 1.60. The number of thiophene rings is 1. The monoisotopic (exact) mass is 389 g/mol. The average molecular weight is 390 g/mol. The highest BCUT2D eigenvalue weighted by Crippen LogP contribution is 2.33. The van der Waals surface area contributed by atoms with Crippen LogP contribution < -0.4 is 0 Å². The van der Waals surface area contributed by atoms with Gasteiger partial charge in [0.15, 0.2) is 0 Å². The molecular formula is C20H20ClNO3S. The van der Waals surface area contributed by atoms with Crippen LogP contribution in [0, 0.1) is 5.92 Å². The minimum Gasteiger partial charge on any atom is -0.469 e. The molecule has 2 heterocycles. The molecule has 0 atom stereocenters. The van der Waals surface area contributed by atoms with Gasteiger partial charge in [-0.25, -0.2) is 0 Å². The Bertz CT molecular complexity index is 822. The van der Waals surface area contributed by atoms with Gasteiger partial charge in [-0.05, 0) is 37.1 Å². The van der Waals surface area contributed by atoms with Crippen LogP contribution >= 0.6 is 22.9 Å². The molecule has 1 aliphatic rings. The second kappa shape index (κ2) is 8.52. The number of amides is 1. The van der Waals surface area contributed by atoms with Gasteiger partial charge < -0.3 is 9.64 Å². The molecule has 1 saturated heterocycles. The largest absolute Gasteiger partial charge is 0.469 e. The van der Waals surface area contributed by atoms with Crippen LogP contribution in [0.2, 0.25) is 5.02 Å². The Kier molecular flexibility index (Phi) is 6.12. The van der Waals surface area contributed by atoms with Crippen LogP contribution in [0.5, 0.6) is 0 Å². The molecule has 3 rings (SSSR count). The summed E-state index contributed by atoms with van der Waals surface area (Å²) in [6.07, 6.45) is 4.74. The maximum absolute atomic E-state index is 12.4. The van der Waals surface area contributed by atoms with Crippen LogP contribution in [-0.2, 0) is 14.3 Å². The van der Waals surface area contributed by atoms with Crippen molar-refractivity contribution < 1.29 is 14.3 Å². The molecule has 0 aliphatic carbocycles. The number of likely N-dealkylation sites (tertiary alicyclic amines) is 1. The number of hydrogen-bond acceptors (Lipinski definition) is 4. The van der Waals surface area contributed by atoms with Crippen LogP contribution in [0.3, 0.4) is 0 Å². The fourth-order valence-electron chi connectivity index (χ4n) is 3.01. The summed E-state index contributed by atoms with van der Waals surface area (Å²) >= 11 is 7.83. The van der Waals surface area contributed by atoms with Crippen molar-refractivity contribution in [3.63, 3.8) is 0 Å². The molecule has 0 bridgehead atoms. The zero-order chi connectivity index (χ0) is 18.5. The molecule has 0 N–H and O–H groups in total. The van der Waals surface area contributed by atoms with E-state index in [1.165, 1.54) is 7.11 Å². The molecular weight excluding hydrogens is 370 g/mol. The van der Waals surface area contributed by atoms with Gasteiger partial charge in [-0.15, -0.1) is 11.3 Å². The minimum atomic E-state index is -0.182. The van der Waals surface area contributed by atoms with E-state index in [4.69, 9.17) is 16.3 Å². The number of rotatable bonds is 4. The number of methoxy groups -OCH3 is 1. The van der Waals surface area contributed by atoms with Crippen molar-refractivity contribution in [1.29, 1.82) is 0 Å². The highest BCUT2D eigenvalue weighted by atomic mass is 35.5. The van der Waals surface area contributed by atoms with E-state index in [1.54, 1.807) is 22.3 Å². The lowest BCUT2D eigenvalue weighted by atomic mass is 9.97. The molecule has 0 unspecified atom stereocenters. The predicted molar refractivity (Wildman–Crippen MR) is 105 cm³/mol. The van der Waals surface area contributed by atoms with Crippen LogP contribution in [0.4, 0.5) is 0 Å². The van der Waals surface area contributed by atoms with E-state index in [0.717, 1.165) is 20.3 Å². The van der Waals surface area contributed by atoms with Crippen molar-refractivity contribution >= 4 is 40.9 Å². The van der Waals surface area contributed by atoms with Gasteiger partial charge in [-0.1, -0.05) is 29.8 Å². The van der Waals surface area contributed by atoms with Gasteiger partial charge in [-0.3, -0.25) is 9.59 Å². The Labute approximate surface area is 162 Å². The van der Waals surface area contributed by atoms with E-state index >= 15 is 0 Å². The van der Waals surface area contributed by atoms with Crippen molar-refractivity contribution in [1.82, 2.24) is 4.90 Å². The van der Waals surface area contributed by atoms with Crippen molar-refractivity contribution in [2.24, 2.45) is 5.92 Å². The third kappa shape index (κ3) is 4.34. The molecule has 136 valence electrons. The number of carbonyl (C=O) groups excluding carboxylic acids is 2. The summed E-state index contributed by atoms with van der Waals surface area (Å²) in [5.41, 5.74) is 0.995. The highest BCUT2D eigenvalue weighted by molar-refractivity contribution is 7.16. The number of nitrogens with zero attached hydrogens (tertiary/aromatic N) is 1. The molecule has 26 heavy (non-hydrogen) atoms. The molecule has 1 aromatic heterocycles. The van der Waals surface area contributed by atoms with Gasteiger partial charge in [-0.2, -0.15) is 0 Å². The number of hydrogen-bond donors (Lipinski definition) is 0. The van der Waals surface area contributed by atoms with E-state index in [1.807, 2.05) is 42.5 Å². The highest BCUT2D eigenvalue weighted by Gasteiger charge is 2.26. The first-order valence-electron chi connectivity index (χ1n) is 8.48. The number of carbonyl (C=O) groups is 2. The number of ether oxygens (including phenoxy) is 1. The van der Waals surface area contributed by atoms with E-state index < -0.39 is 0 Å². The van der Waals surface area contributed by atoms with E-state index in [9.17, 15) is 9.59 Å². The summed E-state index contributed by atoms with van der Waals surface area (Å²) < 4.78 is 4.77. The van der Waals surface area contributed by atoms with Crippen LogP contribution in [0.15, 0.2) is 42.5 Å².